The highest BCUT2D eigenvalue weighted by Crippen LogP contribution is 2.42. The SMILES string of the molecule is COC(=O)[C@@]1(C)C(C(=O)C(=O)NCCCNC(=O)C(=O)C2=C(Nc3ccccc3)C(=O)N(c3ccccc3)[C@]2(C)C(=O)OC)=C(Nc2ccccc2)C(=O)N1c1ccccc1. The van der Waals surface area contributed by atoms with Crippen molar-refractivity contribution in [2.24, 2.45) is 0 Å². The first-order valence-corrected chi connectivity index (χ1v) is 19.0. The fourth-order valence-corrected chi connectivity index (χ4v) is 7.36. The summed E-state index contributed by atoms with van der Waals surface area (Å²) in [5.74, 6) is -8.19. The lowest BCUT2D eigenvalue weighted by molar-refractivity contribution is -0.147. The average Bonchev–Trinajstić information content (AvgIpc) is 3.64. The van der Waals surface area contributed by atoms with Crippen LogP contribution in [-0.2, 0) is 47.8 Å². The van der Waals surface area contributed by atoms with Crippen LogP contribution >= 0.6 is 0 Å². The number of rotatable bonds is 16. The topological polar surface area (TPSA) is 210 Å². The average molecular weight is 827 g/mol. The van der Waals surface area contributed by atoms with Crippen LogP contribution in [0.4, 0.5) is 22.7 Å². The number of ketones is 2. The lowest BCUT2D eigenvalue weighted by atomic mass is 9.88. The van der Waals surface area contributed by atoms with Crippen LogP contribution in [0.25, 0.3) is 0 Å². The van der Waals surface area contributed by atoms with Crippen LogP contribution in [0.3, 0.4) is 0 Å². The van der Waals surface area contributed by atoms with Crippen molar-refractivity contribution in [2.45, 2.75) is 31.3 Å². The summed E-state index contributed by atoms with van der Waals surface area (Å²) in [7, 11) is 2.20. The van der Waals surface area contributed by atoms with E-state index in [1.165, 1.54) is 13.8 Å². The third kappa shape index (κ3) is 7.98. The van der Waals surface area contributed by atoms with Crippen LogP contribution in [0, 0.1) is 0 Å². The Morgan fingerprint density at radius 3 is 1.13 bits per heavy atom. The molecule has 0 unspecified atom stereocenters. The van der Waals surface area contributed by atoms with Crippen LogP contribution in [0.1, 0.15) is 20.3 Å². The van der Waals surface area contributed by atoms with Gasteiger partial charge >= 0.3 is 11.9 Å². The van der Waals surface area contributed by atoms with Crippen molar-refractivity contribution < 1.29 is 47.8 Å². The molecule has 0 bridgehead atoms. The summed E-state index contributed by atoms with van der Waals surface area (Å²) in [6.45, 7) is 2.22. The molecule has 0 radical (unpaired) electrons. The number of carbonyl (C=O) groups is 8. The lowest BCUT2D eigenvalue weighted by Crippen LogP contribution is -2.55. The smallest absolute Gasteiger partial charge is 0.336 e. The number of para-hydroxylation sites is 4. The van der Waals surface area contributed by atoms with Gasteiger partial charge in [0.25, 0.3) is 35.2 Å². The van der Waals surface area contributed by atoms with Gasteiger partial charge in [0.05, 0.1) is 25.4 Å². The van der Waals surface area contributed by atoms with Gasteiger partial charge in [-0.25, -0.2) is 9.59 Å². The van der Waals surface area contributed by atoms with Gasteiger partial charge in [0.15, 0.2) is 11.1 Å². The summed E-state index contributed by atoms with van der Waals surface area (Å²) in [4.78, 5) is 113. The zero-order chi connectivity index (χ0) is 43.9. The Bertz CT molecular complexity index is 2290. The van der Waals surface area contributed by atoms with Gasteiger partial charge in [0, 0.05) is 35.8 Å². The minimum absolute atomic E-state index is 0.00688. The second-order valence-electron chi connectivity index (χ2n) is 14.1. The number of esters is 2. The molecule has 4 amide bonds. The molecule has 2 aliphatic heterocycles. The van der Waals surface area contributed by atoms with Crippen molar-refractivity contribution in [1.29, 1.82) is 0 Å². The molecule has 312 valence electrons. The zero-order valence-corrected chi connectivity index (χ0v) is 33.6. The number of hydrogen-bond donors (Lipinski definition) is 4. The Morgan fingerprint density at radius 1 is 0.508 bits per heavy atom. The van der Waals surface area contributed by atoms with Crippen molar-refractivity contribution in [3.63, 3.8) is 0 Å². The molecule has 0 saturated heterocycles. The molecule has 4 aromatic carbocycles. The van der Waals surface area contributed by atoms with Gasteiger partial charge in [-0.15, -0.1) is 0 Å². The van der Waals surface area contributed by atoms with Gasteiger partial charge in [-0.2, -0.15) is 0 Å². The van der Waals surface area contributed by atoms with E-state index in [-0.39, 0.29) is 42.3 Å². The fraction of sp³-hybridized carbons (Fsp3) is 0.200. The largest absolute Gasteiger partial charge is 0.467 e. The summed E-state index contributed by atoms with van der Waals surface area (Å²) in [6.07, 6.45) is -0.00688. The number of anilines is 4. The monoisotopic (exact) mass is 826 g/mol. The third-order valence-corrected chi connectivity index (χ3v) is 10.3. The van der Waals surface area contributed by atoms with Gasteiger partial charge in [0.1, 0.15) is 11.4 Å². The van der Waals surface area contributed by atoms with Gasteiger partial charge in [-0.1, -0.05) is 72.8 Å². The molecule has 0 spiro atoms. The van der Waals surface area contributed by atoms with Crippen molar-refractivity contribution in [2.75, 3.05) is 47.7 Å². The van der Waals surface area contributed by atoms with Crippen molar-refractivity contribution >= 4 is 69.9 Å². The molecule has 0 aromatic heterocycles. The van der Waals surface area contributed by atoms with Crippen molar-refractivity contribution in [3.05, 3.63) is 144 Å². The zero-order valence-electron chi connectivity index (χ0n) is 33.6. The molecule has 61 heavy (non-hydrogen) atoms. The van der Waals surface area contributed by atoms with Crippen LogP contribution < -0.4 is 31.1 Å². The number of carbonyl (C=O) groups excluding carboxylic acids is 8. The molecule has 0 saturated carbocycles. The Labute approximate surface area is 350 Å². The highest BCUT2D eigenvalue weighted by atomic mass is 16.5. The third-order valence-electron chi connectivity index (χ3n) is 10.3. The maximum atomic E-state index is 14.1. The van der Waals surface area contributed by atoms with Crippen LogP contribution in [-0.4, -0.2) is 85.5 Å². The number of hydrogen-bond acceptors (Lipinski definition) is 12. The molecular weight excluding hydrogens is 785 g/mol. The van der Waals surface area contributed by atoms with E-state index in [4.69, 9.17) is 9.47 Å². The number of nitrogens with one attached hydrogen (secondary N) is 4. The fourth-order valence-electron chi connectivity index (χ4n) is 7.36. The number of ether oxygens (including phenoxy) is 2. The predicted molar refractivity (Wildman–Crippen MR) is 224 cm³/mol. The Balaban J connectivity index is 1.20. The maximum Gasteiger partial charge on any atom is 0.336 e. The molecule has 16 heteroatoms. The van der Waals surface area contributed by atoms with E-state index in [1.54, 1.807) is 121 Å². The quantitative estimate of drug-likeness (QED) is 0.0728. The van der Waals surface area contributed by atoms with E-state index in [0.717, 1.165) is 24.0 Å². The predicted octanol–water partition coefficient (Wildman–Crippen LogP) is 3.44. The van der Waals surface area contributed by atoms with E-state index in [1.807, 2.05) is 0 Å². The summed E-state index contributed by atoms with van der Waals surface area (Å²) >= 11 is 0. The normalized spacial score (nSPS) is 18.4. The van der Waals surface area contributed by atoms with Gasteiger partial charge in [0.2, 0.25) is 0 Å². The summed E-state index contributed by atoms with van der Waals surface area (Å²) in [6, 6.07) is 33.1. The van der Waals surface area contributed by atoms with Crippen LogP contribution in [0.5, 0.6) is 0 Å². The molecular formula is C45H42N6O10. The first-order chi connectivity index (χ1) is 29.3. The van der Waals surface area contributed by atoms with Crippen molar-refractivity contribution in [3.8, 4) is 0 Å². The van der Waals surface area contributed by atoms with Gasteiger partial charge in [-0.3, -0.25) is 38.6 Å². The Morgan fingerprint density at radius 2 is 0.820 bits per heavy atom. The standard InChI is InChI=1S/C45H42N6O10/c1-44(42(58)60-3)32(34(48-28-18-9-5-10-19-28)40(56)50(44)30-22-13-7-14-23-30)36(52)38(54)46-26-17-27-47-39(55)37(53)33-35(49-29-20-11-6-12-21-29)41(57)51(31-24-15-8-16-25-31)45(33,2)43(59)61-4/h5-16,18-25,48-49H,17,26-27H2,1-4H3,(H,46,54)(H,47,55)/t44-,45+. The van der Waals surface area contributed by atoms with E-state index >= 15 is 0 Å². The number of Topliss-reactive ketones (excluding diaryl/α,β-unsaturated/α-hetero) is 2. The highest BCUT2D eigenvalue weighted by Gasteiger charge is 2.60. The number of amides is 4. The number of nitrogens with zero attached hydrogens (tertiary/aromatic N) is 2. The number of methoxy groups -OCH3 is 2. The van der Waals surface area contributed by atoms with E-state index in [0.29, 0.717) is 11.4 Å². The first-order valence-electron chi connectivity index (χ1n) is 19.0. The molecule has 4 N–H and O–H groups in total. The van der Waals surface area contributed by atoms with Crippen LogP contribution in [0.15, 0.2) is 144 Å². The summed E-state index contributed by atoms with van der Waals surface area (Å²) in [5, 5.41) is 10.8. The molecule has 2 heterocycles. The second kappa shape index (κ2) is 17.9. The molecule has 6 rings (SSSR count). The van der Waals surface area contributed by atoms with E-state index in [2.05, 4.69) is 21.3 Å². The second-order valence-corrected chi connectivity index (χ2v) is 14.1. The van der Waals surface area contributed by atoms with Crippen molar-refractivity contribution in [1.82, 2.24) is 10.6 Å². The molecule has 2 aliphatic rings. The van der Waals surface area contributed by atoms with E-state index in [9.17, 15) is 38.4 Å². The Hall–Kier alpha value is -7.88. The first kappa shape index (κ1) is 42.7. The molecule has 16 nitrogen and oxygen atoms in total. The number of benzene rings is 4. The lowest BCUT2D eigenvalue weighted by Gasteiger charge is -2.34. The van der Waals surface area contributed by atoms with E-state index < -0.39 is 69.4 Å². The van der Waals surface area contributed by atoms with Gasteiger partial charge in [-0.05, 0) is 68.8 Å². The molecule has 2 atom stereocenters. The van der Waals surface area contributed by atoms with Crippen LogP contribution in [0.2, 0.25) is 0 Å². The summed E-state index contributed by atoms with van der Waals surface area (Å²) in [5.41, 5.74) is -4.33. The van der Waals surface area contributed by atoms with Gasteiger partial charge < -0.3 is 30.7 Å². The minimum atomic E-state index is -2.08. The maximum absolute atomic E-state index is 14.1. The minimum Gasteiger partial charge on any atom is -0.467 e. The molecule has 0 fully saturated rings. The highest BCUT2D eigenvalue weighted by molar-refractivity contribution is 6.48. The summed E-state index contributed by atoms with van der Waals surface area (Å²) < 4.78 is 10.2. The molecule has 4 aromatic rings. The Kier molecular flexibility index (Phi) is 12.6. The molecule has 0 aliphatic carbocycles.